The van der Waals surface area contributed by atoms with Crippen LogP contribution in [-0.2, 0) is 20.2 Å². The molecule has 1 saturated heterocycles. The molecule has 7 nitrogen and oxygen atoms in total. The van der Waals surface area contributed by atoms with E-state index in [-0.39, 0.29) is 17.2 Å². The van der Waals surface area contributed by atoms with Crippen molar-refractivity contribution in [3.63, 3.8) is 0 Å². The standard InChI is InChI=1S/C21H27N3O4S/c1-21(2,3)18-15-19(23-28-18)22-20(25)17-9-12-24(13-10-17)29(26,27)14-11-16-7-5-4-6-8-16/h4-8,11,14-15,17H,9-10,12-13H2,1-3H3,(H,22,23,25)/b14-11+. The molecule has 1 N–H and O–H groups in total. The molecule has 29 heavy (non-hydrogen) atoms. The van der Waals surface area contributed by atoms with Crippen molar-refractivity contribution in [2.75, 3.05) is 18.4 Å². The summed E-state index contributed by atoms with van der Waals surface area (Å²) >= 11 is 0. The number of carbonyl (C=O) groups excluding carboxylic acids is 1. The molecule has 0 spiro atoms. The van der Waals surface area contributed by atoms with E-state index in [9.17, 15) is 13.2 Å². The number of piperidine rings is 1. The second-order valence-corrected chi connectivity index (χ2v) is 10.1. The Morgan fingerprint density at radius 2 is 1.86 bits per heavy atom. The van der Waals surface area contributed by atoms with Crippen LogP contribution in [-0.4, -0.2) is 36.9 Å². The highest BCUT2D eigenvalue weighted by atomic mass is 32.2. The summed E-state index contributed by atoms with van der Waals surface area (Å²) in [6.07, 6.45) is 2.52. The van der Waals surface area contributed by atoms with E-state index in [0.717, 1.165) is 5.56 Å². The molecule has 1 aromatic carbocycles. The molecule has 1 aromatic heterocycles. The van der Waals surface area contributed by atoms with Crippen LogP contribution in [0.2, 0.25) is 0 Å². The lowest BCUT2D eigenvalue weighted by atomic mass is 9.93. The van der Waals surface area contributed by atoms with Gasteiger partial charge in [0.25, 0.3) is 0 Å². The third kappa shape index (κ3) is 5.55. The van der Waals surface area contributed by atoms with Crippen molar-refractivity contribution in [1.29, 1.82) is 0 Å². The number of aromatic nitrogens is 1. The molecular formula is C21H27N3O4S. The highest BCUT2D eigenvalue weighted by molar-refractivity contribution is 7.92. The van der Waals surface area contributed by atoms with Gasteiger partial charge in [-0.15, -0.1) is 0 Å². The summed E-state index contributed by atoms with van der Waals surface area (Å²) in [5.41, 5.74) is 0.635. The van der Waals surface area contributed by atoms with Gasteiger partial charge >= 0.3 is 0 Å². The second kappa shape index (κ2) is 8.51. The minimum Gasteiger partial charge on any atom is -0.359 e. The zero-order chi connectivity index (χ0) is 21.1. The van der Waals surface area contributed by atoms with Crippen LogP contribution in [0.15, 0.2) is 46.3 Å². The number of nitrogens with zero attached hydrogens (tertiary/aromatic N) is 2. The largest absolute Gasteiger partial charge is 0.359 e. The Morgan fingerprint density at radius 3 is 2.45 bits per heavy atom. The first-order valence-electron chi connectivity index (χ1n) is 9.66. The number of nitrogens with one attached hydrogen (secondary N) is 1. The van der Waals surface area contributed by atoms with E-state index < -0.39 is 10.0 Å². The minimum atomic E-state index is -3.51. The zero-order valence-corrected chi connectivity index (χ0v) is 17.8. The van der Waals surface area contributed by atoms with Gasteiger partial charge in [0, 0.05) is 35.9 Å². The van der Waals surface area contributed by atoms with Gasteiger partial charge in [0.15, 0.2) is 5.82 Å². The Morgan fingerprint density at radius 1 is 1.21 bits per heavy atom. The average Bonchev–Trinajstić information content (AvgIpc) is 3.16. The Bertz CT molecular complexity index is 967. The number of amides is 1. The maximum atomic E-state index is 12.5. The van der Waals surface area contributed by atoms with Gasteiger partial charge in [-0.1, -0.05) is 56.3 Å². The van der Waals surface area contributed by atoms with Crippen LogP contribution < -0.4 is 5.32 Å². The molecule has 0 aliphatic carbocycles. The first-order chi connectivity index (χ1) is 13.6. The molecule has 8 heteroatoms. The van der Waals surface area contributed by atoms with E-state index in [4.69, 9.17) is 4.52 Å². The van der Waals surface area contributed by atoms with Crippen molar-refractivity contribution in [1.82, 2.24) is 9.46 Å². The van der Waals surface area contributed by atoms with Crippen LogP contribution in [0.5, 0.6) is 0 Å². The summed E-state index contributed by atoms with van der Waals surface area (Å²) in [5, 5.41) is 7.91. The molecule has 2 aromatic rings. The smallest absolute Gasteiger partial charge is 0.236 e. The molecule has 0 bridgehead atoms. The third-order valence-corrected chi connectivity index (χ3v) is 6.48. The van der Waals surface area contributed by atoms with E-state index in [1.807, 2.05) is 51.1 Å². The fraction of sp³-hybridized carbons (Fsp3) is 0.429. The predicted molar refractivity (Wildman–Crippen MR) is 113 cm³/mol. The summed E-state index contributed by atoms with van der Waals surface area (Å²) in [4.78, 5) is 12.5. The molecule has 156 valence electrons. The molecule has 2 heterocycles. The van der Waals surface area contributed by atoms with Crippen LogP contribution in [0.25, 0.3) is 6.08 Å². The Hall–Kier alpha value is -2.45. The van der Waals surface area contributed by atoms with Gasteiger partial charge in [0.05, 0.1) is 0 Å². The third-order valence-electron chi connectivity index (χ3n) is 4.92. The van der Waals surface area contributed by atoms with Crippen molar-refractivity contribution in [2.45, 2.75) is 39.0 Å². The second-order valence-electron chi connectivity index (χ2n) is 8.25. The lowest BCUT2D eigenvalue weighted by molar-refractivity contribution is -0.120. The lowest BCUT2D eigenvalue weighted by Crippen LogP contribution is -2.40. The molecule has 1 amide bonds. The van der Waals surface area contributed by atoms with Gasteiger partial charge < -0.3 is 9.84 Å². The van der Waals surface area contributed by atoms with Gasteiger partial charge in [-0.2, -0.15) is 4.31 Å². The fourth-order valence-electron chi connectivity index (χ4n) is 3.10. The van der Waals surface area contributed by atoms with Gasteiger partial charge in [0.2, 0.25) is 15.9 Å². The molecule has 0 unspecified atom stereocenters. The van der Waals surface area contributed by atoms with Crippen LogP contribution in [0, 0.1) is 5.92 Å². The van der Waals surface area contributed by atoms with Gasteiger partial charge in [-0.05, 0) is 24.5 Å². The first-order valence-corrected chi connectivity index (χ1v) is 11.2. The van der Waals surface area contributed by atoms with Gasteiger partial charge in [0.1, 0.15) is 5.76 Å². The first kappa shape index (κ1) is 21.3. The summed E-state index contributed by atoms with van der Waals surface area (Å²) < 4.78 is 31.8. The summed E-state index contributed by atoms with van der Waals surface area (Å²) in [5.74, 6) is 0.671. The van der Waals surface area contributed by atoms with Crippen molar-refractivity contribution in [3.8, 4) is 0 Å². The molecule has 1 aliphatic heterocycles. The van der Waals surface area contributed by atoms with Gasteiger partial charge in [-0.25, -0.2) is 8.42 Å². The number of rotatable bonds is 5. The number of hydrogen-bond donors (Lipinski definition) is 1. The molecule has 3 rings (SSSR count). The predicted octanol–water partition coefficient (Wildman–Crippen LogP) is 3.62. The number of sulfonamides is 1. The Kier molecular flexibility index (Phi) is 6.24. The summed E-state index contributed by atoms with van der Waals surface area (Å²) in [6.45, 7) is 6.63. The number of anilines is 1. The molecule has 1 fully saturated rings. The van der Waals surface area contributed by atoms with E-state index >= 15 is 0 Å². The Balaban J connectivity index is 1.55. The van der Waals surface area contributed by atoms with E-state index in [1.54, 1.807) is 12.1 Å². The lowest BCUT2D eigenvalue weighted by Gasteiger charge is -2.29. The van der Waals surface area contributed by atoms with Crippen LogP contribution >= 0.6 is 0 Å². The molecule has 1 aliphatic rings. The number of carbonyl (C=O) groups is 1. The molecule has 0 radical (unpaired) electrons. The van der Waals surface area contributed by atoms with Crippen molar-refractivity contribution in [3.05, 3.63) is 53.1 Å². The molecule has 0 atom stereocenters. The van der Waals surface area contributed by atoms with E-state index in [1.165, 1.54) is 9.71 Å². The topological polar surface area (TPSA) is 92.5 Å². The average molecular weight is 418 g/mol. The van der Waals surface area contributed by atoms with Crippen LogP contribution in [0.4, 0.5) is 5.82 Å². The highest BCUT2D eigenvalue weighted by Crippen LogP contribution is 2.26. The van der Waals surface area contributed by atoms with Crippen molar-refractivity contribution >= 4 is 27.8 Å². The van der Waals surface area contributed by atoms with Crippen LogP contribution in [0.3, 0.4) is 0 Å². The maximum absolute atomic E-state index is 12.5. The zero-order valence-electron chi connectivity index (χ0n) is 17.0. The molecular weight excluding hydrogens is 390 g/mol. The minimum absolute atomic E-state index is 0.157. The number of hydrogen-bond acceptors (Lipinski definition) is 5. The normalized spacial score (nSPS) is 16.9. The fourth-order valence-corrected chi connectivity index (χ4v) is 4.32. The quantitative estimate of drug-likeness (QED) is 0.802. The molecule has 0 saturated carbocycles. The van der Waals surface area contributed by atoms with Gasteiger partial charge in [-0.3, -0.25) is 4.79 Å². The van der Waals surface area contributed by atoms with Crippen molar-refractivity contribution < 1.29 is 17.7 Å². The van der Waals surface area contributed by atoms with E-state index in [0.29, 0.717) is 37.5 Å². The number of benzene rings is 1. The van der Waals surface area contributed by atoms with Crippen molar-refractivity contribution in [2.24, 2.45) is 5.92 Å². The summed E-state index contributed by atoms with van der Waals surface area (Å²) in [7, 11) is -3.51. The SMILES string of the molecule is CC(C)(C)c1cc(NC(=O)C2CCN(S(=O)(=O)/C=C/c3ccccc3)CC2)no1. The Labute approximate surface area is 171 Å². The van der Waals surface area contributed by atoms with Crippen LogP contribution in [0.1, 0.15) is 44.9 Å². The van der Waals surface area contributed by atoms with E-state index in [2.05, 4.69) is 10.5 Å². The monoisotopic (exact) mass is 417 g/mol. The maximum Gasteiger partial charge on any atom is 0.236 e. The highest BCUT2D eigenvalue weighted by Gasteiger charge is 2.30. The summed E-state index contributed by atoms with van der Waals surface area (Å²) in [6, 6.07) is 11.0.